The van der Waals surface area contributed by atoms with Crippen molar-refractivity contribution in [1.82, 2.24) is 19.4 Å². The molecule has 0 fully saturated rings. The molecule has 0 N–H and O–H groups in total. The van der Waals surface area contributed by atoms with Crippen LogP contribution in [0.5, 0.6) is 0 Å². The highest BCUT2D eigenvalue weighted by Crippen LogP contribution is 2.22. The van der Waals surface area contributed by atoms with Crippen LogP contribution < -0.4 is 0 Å². The van der Waals surface area contributed by atoms with Crippen LogP contribution in [-0.2, 0) is 13.1 Å². The number of fused-ring (bicyclic) bond motifs is 1. The summed E-state index contributed by atoms with van der Waals surface area (Å²) in [5, 5.41) is 0. The number of benzene rings is 1. The second kappa shape index (κ2) is 7.58. The largest absolute Gasteiger partial charge is 0.324 e. The Labute approximate surface area is 144 Å². The fourth-order valence-corrected chi connectivity index (χ4v) is 3.26. The molecule has 2 aromatic heterocycles. The van der Waals surface area contributed by atoms with Gasteiger partial charge in [-0.3, -0.25) is 9.88 Å². The fraction of sp³-hybridized carbons (Fsp3) is 0.400. The average molecular weight is 322 g/mol. The molecule has 24 heavy (non-hydrogen) atoms. The van der Waals surface area contributed by atoms with Crippen LogP contribution in [0.1, 0.15) is 44.6 Å². The van der Waals surface area contributed by atoms with Gasteiger partial charge in [0.2, 0.25) is 0 Å². The third-order valence-corrected chi connectivity index (χ3v) is 4.22. The summed E-state index contributed by atoms with van der Waals surface area (Å²) in [6.07, 6.45) is 4.90. The van der Waals surface area contributed by atoms with Gasteiger partial charge in [0, 0.05) is 25.0 Å². The molecule has 4 nitrogen and oxygen atoms in total. The van der Waals surface area contributed by atoms with E-state index in [1.165, 1.54) is 11.1 Å². The summed E-state index contributed by atoms with van der Waals surface area (Å²) >= 11 is 0. The summed E-state index contributed by atoms with van der Waals surface area (Å²) in [7, 11) is 0. The van der Waals surface area contributed by atoms with E-state index in [0.717, 1.165) is 37.4 Å². The van der Waals surface area contributed by atoms with Crippen LogP contribution >= 0.6 is 0 Å². The summed E-state index contributed by atoms with van der Waals surface area (Å²) in [5.74, 6) is 1.14. The standard InChI is InChI=1S/C20H26N4/c1-4-12-23(14-17-8-7-11-21-13-17)15-20-22-18-9-5-6-10-19(18)24(20)16(2)3/h5-11,13,16H,4,12,14-15H2,1-3H3. The Morgan fingerprint density at radius 1 is 1.08 bits per heavy atom. The van der Waals surface area contributed by atoms with Crippen LogP contribution in [0, 0.1) is 0 Å². The number of imidazole rings is 1. The molecule has 4 heteroatoms. The lowest BCUT2D eigenvalue weighted by atomic mass is 10.2. The van der Waals surface area contributed by atoms with Gasteiger partial charge >= 0.3 is 0 Å². The summed E-state index contributed by atoms with van der Waals surface area (Å²) in [5.41, 5.74) is 3.55. The van der Waals surface area contributed by atoms with Crippen molar-refractivity contribution in [2.75, 3.05) is 6.54 Å². The maximum Gasteiger partial charge on any atom is 0.124 e. The van der Waals surface area contributed by atoms with E-state index >= 15 is 0 Å². The monoisotopic (exact) mass is 322 g/mol. The van der Waals surface area contributed by atoms with Gasteiger partial charge in [0.05, 0.1) is 17.6 Å². The van der Waals surface area contributed by atoms with Gasteiger partial charge in [-0.05, 0) is 50.6 Å². The van der Waals surface area contributed by atoms with Gasteiger partial charge < -0.3 is 4.57 Å². The summed E-state index contributed by atoms with van der Waals surface area (Å²) < 4.78 is 2.36. The minimum Gasteiger partial charge on any atom is -0.324 e. The quantitative estimate of drug-likeness (QED) is 0.645. The zero-order chi connectivity index (χ0) is 16.9. The molecule has 0 bridgehead atoms. The van der Waals surface area contributed by atoms with Gasteiger partial charge in [0.25, 0.3) is 0 Å². The van der Waals surface area contributed by atoms with E-state index in [4.69, 9.17) is 4.98 Å². The Morgan fingerprint density at radius 3 is 2.62 bits per heavy atom. The van der Waals surface area contributed by atoms with Crippen molar-refractivity contribution in [3.8, 4) is 0 Å². The lowest BCUT2D eigenvalue weighted by molar-refractivity contribution is 0.246. The third kappa shape index (κ3) is 3.65. The molecular formula is C20H26N4. The molecule has 0 atom stereocenters. The van der Waals surface area contributed by atoms with Crippen molar-refractivity contribution < 1.29 is 0 Å². The second-order valence-corrected chi connectivity index (χ2v) is 6.55. The number of nitrogens with zero attached hydrogens (tertiary/aromatic N) is 4. The molecule has 2 heterocycles. The molecule has 0 radical (unpaired) electrons. The Kier molecular flexibility index (Phi) is 5.26. The van der Waals surface area contributed by atoms with E-state index in [1.54, 1.807) is 0 Å². The molecule has 0 amide bonds. The summed E-state index contributed by atoms with van der Waals surface area (Å²) in [6.45, 7) is 9.49. The predicted molar refractivity (Wildman–Crippen MR) is 98.8 cm³/mol. The normalized spacial score (nSPS) is 11.7. The number of hydrogen-bond acceptors (Lipinski definition) is 3. The summed E-state index contributed by atoms with van der Waals surface area (Å²) in [4.78, 5) is 11.6. The highest BCUT2D eigenvalue weighted by molar-refractivity contribution is 5.76. The zero-order valence-electron chi connectivity index (χ0n) is 14.8. The SMILES string of the molecule is CCCN(Cc1cccnc1)Cc1nc2ccccc2n1C(C)C. The highest BCUT2D eigenvalue weighted by atomic mass is 15.2. The van der Waals surface area contributed by atoms with E-state index in [9.17, 15) is 0 Å². The summed E-state index contributed by atoms with van der Waals surface area (Å²) in [6, 6.07) is 13.0. The highest BCUT2D eigenvalue weighted by Gasteiger charge is 2.16. The minimum atomic E-state index is 0.397. The van der Waals surface area contributed by atoms with Crippen molar-refractivity contribution >= 4 is 11.0 Å². The van der Waals surface area contributed by atoms with Crippen LogP contribution in [-0.4, -0.2) is 26.0 Å². The minimum absolute atomic E-state index is 0.397. The van der Waals surface area contributed by atoms with E-state index in [-0.39, 0.29) is 0 Å². The van der Waals surface area contributed by atoms with Gasteiger partial charge in [-0.2, -0.15) is 0 Å². The van der Waals surface area contributed by atoms with Crippen molar-refractivity contribution in [3.63, 3.8) is 0 Å². The fourth-order valence-electron chi connectivity index (χ4n) is 3.26. The molecule has 0 saturated heterocycles. The molecule has 3 aromatic rings. The van der Waals surface area contributed by atoms with Gasteiger partial charge in [-0.1, -0.05) is 25.1 Å². The molecule has 0 aliphatic rings. The first kappa shape index (κ1) is 16.7. The van der Waals surface area contributed by atoms with E-state index < -0.39 is 0 Å². The Hall–Kier alpha value is -2.20. The smallest absolute Gasteiger partial charge is 0.124 e. The molecule has 0 saturated carbocycles. The van der Waals surface area contributed by atoms with Crippen LogP contribution in [0.25, 0.3) is 11.0 Å². The molecule has 1 aromatic carbocycles. The van der Waals surface area contributed by atoms with E-state index in [0.29, 0.717) is 6.04 Å². The molecule has 0 aliphatic carbocycles. The number of aromatic nitrogens is 3. The van der Waals surface area contributed by atoms with Crippen molar-refractivity contribution in [2.24, 2.45) is 0 Å². The van der Waals surface area contributed by atoms with E-state index in [1.807, 2.05) is 18.5 Å². The molecular weight excluding hydrogens is 296 g/mol. The van der Waals surface area contributed by atoms with Crippen molar-refractivity contribution in [3.05, 3.63) is 60.2 Å². The lowest BCUT2D eigenvalue weighted by Crippen LogP contribution is -2.26. The number of para-hydroxylation sites is 2. The first-order chi connectivity index (χ1) is 11.7. The third-order valence-electron chi connectivity index (χ3n) is 4.22. The average Bonchev–Trinajstić information content (AvgIpc) is 2.94. The first-order valence-corrected chi connectivity index (χ1v) is 8.76. The first-order valence-electron chi connectivity index (χ1n) is 8.76. The molecule has 0 unspecified atom stereocenters. The van der Waals surface area contributed by atoms with Gasteiger partial charge in [0.1, 0.15) is 5.82 Å². The second-order valence-electron chi connectivity index (χ2n) is 6.55. The molecule has 126 valence electrons. The Bertz CT molecular complexity index is 777. The number of rotatable bonds is 7. The zero-order valence-corrected chi connectivity index (χ0v) is 14.8. The predicted octanol–water partition coefficient (Wildman–Crippen LogP) is 4.42. The maximum absolute atomic E-state index is 4.90. The lowest BCUT2D eigenvalue weighted by Gasteiger charge is -2.23. The van der Waals surface area contributed by atoms with Gasteiger partial charge in [-0.25, -0.2) is 4.98 Å². The van der Waals surface area contributed by atoms with Crippen LogP contribution in [0.2, 0.25) is 0 Å². The maximum atomic E-state index is 4.90. The molecule has 3 rings (SSSR count). The van der Waals surface area contributed by atoms with Crippen LogP contribution in [0.4, 0.5) is 0 Å². The van der Waals surface area contributed by atoms with Crippen LogP contribution in [0.3, 0.4) is 0 Å². The van der Waals surface area contributed by atoms with Crippen molar-refractivity contribution in [1.29, 1.82) is 0 Å². The molecule has 0 spiro atoms. The van der Waals surface area contributed by atoms with E-state index in [2.05, 4.69) is 65.6 Å². The van der Waals surface area contributed by atoms with Gasteiger partial charge in [-0.15, -0.1) is 0 Å². The van der Waals surface area contributed by atoms with Crippen molar-refractivity contribution in [2.45, 2.75) is 46.3 Å². The Balaban J connectivity index is 1.89. The van der Waals surface area contributed by atoms with Gasteiger partial charge in [0.15, 0.2) is 0 Å². The number of hydrogen-bond donors (Lipinski definition) is 0. The van der Waals surface area contributed by atoms with Crippen LogP contribution in [0.15, 0.2) is 48.8 Å². The molecule has 0 aliphatic heterocycles. The topological polar surface area (TPSA) is 34.0 Å². The Morgan fingerprint density at radius 2 is 1.92 bits per heavy atom. The number of pyridine rings is 1.